The second-order valence-electron chi connectivity index (χ2n) is 7.64. The van der Waals surface area contributed by atoms with Crippen molar-refractivity contribution >= 4 is 52.1 Å². The van der Waals surface area contributed by atoms with E-state index < -0.39 is 11.9 Å². The Kier molecular flexibility index (Phi) is 7.01. The molecule has 3 aromatic rings. The lowest BCUT2D eigenvalue weighted by Gasteiger charge is -2.24. The summed E-state index contributed by atoms with van der Waals surface area (Å²) in [5.74, 6) is -0.998. The van der Waals surface area contributed by atoms with Gasteiger partial charge in [0, 0.05) is 17.3 Å². The van der Waals surface area contributed by atoms with Crippen LogP contribution in [0, 0.1) is 5.82 Å². The Morgan fingerprint density at radius 3 is 2.33 bits per heavy atom. The first-order chi connectivity index (χ1) is 15.9. The van der Waals surface area contributed by atoms with Gasteiger partial charge in [-0.2, -0.15) is 0 Å². The zero-order valence-corrected chi connectivity index (χ0v) is 19.2. The van der Waals surface area contributed by atoms with Gasteiger partial charge in [0.1, 0.15) is 11.9 Å². The largest absolute Gasteiger partial charge is 0.336 e. The Morgan fingerprint density at radius 2 is 1.67 bits per heavy atom. The van der Waals surface area contributed by atoms with Crippen LogP contribution in [0.25, 0.3) is 0 Å². The van der Waals surface area contributed by atoms with E-state index in [9.17, 15) is 14.0 Å². The van der Waals surface area contributed by atoms with Crippen LogP contribution in [0.2, 0.25) is 5.02 Å². The summed E-state index contributed by atoms with van der Waals surface area (Å²) < 4.78 is 13.2. The van der Waals surface area contributed by atoms with E-state index in [1.807, 2.05) is 54.6 Å². The van der Waals surface area contributed by atoms with Crippen LogP contribution in [0.1, 0.15) is 12.0 Å². The fourth-order valence-electron chi connectivity index (χ4n) is 3.72. The van der Waals surface area contributed by atoms with Gasteiger partial charge in [0.25, 0.3) is 5.91 Å². The first-order valence-corrected chi connectivity index (χ1v) is 11.2. The van der Waals surface area contributed by atoms with E-state index in [-0.39, 0.29) is 18.2 Å². The minimum atomic E-state index is -0.745. The van der Waals surface area contributed by atoms with E-state index in [1.165, 1.54) is 29.2 Å². The van der Waals surface area contributed by atoms with Crippen LogP contribution in [0.4, 0.5) is 15.8 Å². The first-order valence-electron chi connectivity index (χ1n) is 10.4. The van der Waals surface area contributed by atoms with Crippen molar-refractivity contribution in [1.29, 1.82) is 0 Å². The molecule has 0 bridgehead atoms. The molecule has 0 radical (unpaired) electrons. The third kappa shape index (κ3) is 5.38. The quantitative estimate of drug-likeness (QED) is 0.480. The van der Waals surface area contributed by atoms with Crippen LogP contribution >= 0.6 is 23.8 Å². The predicted molar refractivity (Wildman–Crippen MR) is 132 cm³/mol. The summed E-state index contributed by atoms with van der Waals surface area (Å²) in [6, 6.07) is 21.4. The molecule has 1 N–H and O–H groups in total. The average molecular weight is 482 g/mol. The number of halogens is 2. The second kappa shape index (κ2) is 10.1. The molecule has 0 spiro atoms. The average Bonchev–Trinajstić information content (AvgIpc) is 3.04. The molecule has 0 aliphatic carbocycles. The predicted octanol–water partition coefficient (Wildman–Crippen LogP) is 5.05. The summed E-state index contributed by atoms with van der Waals surface area (Å²) in [5, 5.41) is 3.74. The molecule has 0 saturated carbocycles. The molecule has 1 saturated heterocycles. The van der Waals surface area contributed by atoms with E-state index in [0.717, 1.165) is 5.56 Å². The smallest absolute Gasteiger partial charge is 0.256 e. The topological polar surface area (TPSA) is 52.7 Å². The Hall–Kier alpha value is -3.29. The molecule has 1 unspecified atom stereocenters. The standard InChI is InChI=1S/C25H21ClFN3O2S/c26-18-8-6-17(7-9-18)14-15-29-22(16-23(31)28-20-12-10-19(27)11-13-20)24(32)30(25(29)33)21-4-2-1-3-5-21/h1-13,22H,14-16H2,(H,28,31). The molecule has 33 heavy (non-hydrogen) atoms. The monoisotopic (exact) mass is 481 g/mol. The van der Waals surface area contributed by atoms with E-state index >= 15 is 0 Å². The summed E-state index contributed by atoms with van der Waals surface area (Å²) in [6.07, 6.45) is 0.545. The molecule has 168 valence electrons. The number of hydrogen-bond acceptors (Lipinski definition) is 3. The van der Waals surface area contributed by atoms with E-state index in [2.05, 4.69) is 5.32 Å². The molecule has 4 rings (SSSR count). The molecule has 0 aromatic heterocycles. The van der Waals surface area contributed by atoms with Crippen molar-refractivity contribution in [3.05, 3.63) is 95.3 Å². The minimum Gasteiger partial charge on any atom is -0.336 e. The van der Waals surface area contributed by atoms with Crippen molar-refractivity contribution in [2.24, 2.45) is 0 Å². The van der Waals surface area contributed by atoms with Crippen molar-refractivity contribution in [1.82, 2.24) is 4.90 Å². The highest BCUT2D eigenvalue weighted by Gasteiger charge is 2.43. The number of rotatable bonds is 7. The molecule has 1 fully saturated rings. The molecular weight excluding hydrogens is 461 g/mol. The van der Waals surface area contributed by atoms with Crippen LogP contribution in [-0.4, -0.2) is 34.4 Å². The van der Waals surface area contributed by atoms with Gasteiger partial charge in [-0.05, 0) is 72.7 Å². The van der Waals surface area contributed by atoms with Gasteiger partial charge < -0.3 is 10.2 Å². The summed E-state index contributed by atoms with van der Waals surface area (Å²) in [5.41, 5.74) is 2.16. The van der Waals surface area contributed by atoms with E-state index in [4.69, 9.17) is 23.8 Å². The Bertz CT molecular complexity index is 1160. The third-order valence-electron chi connectivity index (χ3n) is 5.39. The fraction of sp³-hybridized carbons (Fsp3) is 0.160. The maximum absolute atomic E-state index is 13.4. The van der Waals surface area contributed by atoms with Gasteiger partial charge in [-0.1, -0.05) is 41.9 Å². The molecule has 1 aliphatic rings. The normalized spacial score (nSPS) is 15.8. The number of carbonyl (C=O) groups excluding carboxylic acids is 2. The first kappa shape index (κ1) is 22.9. The van der Waals surface area contributed by atoms with E-state index in [0.29, 0.717) is 34.5 Å². The molecule has 1 aliphatic heterocycles. The van der Waals surface area contributed by atoms with Gasteiger partial charge >= 0.3 is 0 Å². The second-order valence-corrected chi connectivity index (χ2v) is 8.44. The number of nitrogens with zero attached hydrogens (tertiary/aromatic N) is 2. The summed E-state index contributed by atoms with van der Waals surface area (Å²) in [6.45, 7) is 0.462. The van der Waals surface area contributed by atoms with Crippen LogP contribution in [0.3, 0.4) is 0 Å². The highest BCUT2D eigenvalue weighted by Crippen LogP contribution is 2.27. The SMILES string of the molecule is O=C(CC1C(=O)N(c2ccccc2)C(=S)N1CCc1ccc(Cl)cc1)Nc1ccc(F)cc1. The third-order valence-corrected chi connectivity index (χ3v) is 6.06. The number of amides is 2. The van der Waals surface area contributed by atoms with Gasteiger partial charge in [-0.25, -0.2) is 4.39 Å². The van der Waals surface area contributed by atoms with E-state index in [1.54, 1.807) is 4.90 Å². The van der Waals surface area contributed by atoms with Crippen molar-refractivity contribution in [3.63, 3.8) is 0 Å². The highest BCUT2D eigenvalue weighted by molar-refractivity contribution is 7.80. The maximum atomic E-state index is 13.4. The summed E-state index contributed by atoms with van der Waals surface area (Å²) >= 11 is 11.6. The van der Waals surface area contributed by atoms with Crippen molar-refractivity contribution in [3.8, 4) is 0 Å². The summed E-state index contributed by atoms with van der Waals surface area (Å²) in [4.78, 5) is 29.4. The molecule has 1 heterocycles. The van der Waals surface area contributed by atoms with Gasteiger partial charge in [-0.3, -0.25) is 14.5 Å². The number of thiocarbonyl (C=S) groups is 1. The van der Waals surface area contributed by atoms with Gasteiger partial charge in [0.05, 0.1) is 12.1 Å². The maximum Gasteiger partial charge on any atom is 0.256 e. The van der Waals surface area contributed by atoms with Crippen molar-refractivity contribution in [2.75, 3.05) is 16.8 Å². The molecule has 3 aromatic carbocycles. The van der Waals surface area contributed by atoms with Crippen molar-refractivity contribution < 1.29 is 14.0 Å². The lowest BCUT2D eigenvalue weighted by molar-refractivity contribution is -0.124. The molecule has 1 atom stereocenters. The zero-order chi connectivity index (χ0) is 23.4. The Morgan fingerprint density at radius 1 is 1.00 bits per heavy atom. The van der Waals surface area contributed by atoms with Gasteiger partial charge in [-0.15, -0.1) is 0 Å². The highest BCUT2D eigenvalue weighted by atomic mass is 35.5. The summed E-state index contributed by atoms with van der Waals surface area (Å²) in [7, 11) is 0. The minimum absolute atomic E-state index is 0.0830. The number of para-hydroxylation sites is 1. The van der Waals surface area contributed by atoms with Gasteiger partial charge in [0.2, 0.25) is 5.91 Å². The number of hydrogen-bond donors (Lipinski definition) is 1. The van der Waals surface area contributed by atoms with Crippen LogP contribution in [0.5, 0.6) is 0 Å². The molecule has 5 nitrogen and oxygen atoms in total. The molecule has 2 amide bonds. The van der Waals surface area contributed by atoms with Crippen LogP contribution in [-0.2, 0) is 16.0 Å². The number of nitrogens with one attached hydrogen (secondary N) is 1. The molecular formula is C25H21ClFN3O2S. The lowest BCUT2D eigenvalue weighted by atomic mass is 10.1. The van der Waals surface area contributed by atoms with Crippen molar-refractivity contribution in [2.45, 2.75) is 18.9 Å². The number of anilines is 2. The van der Waals surface area contributed by atoms with Gasteiger partial charge in [0.15, 0.2) is 5.11 Å². The molecule has 8 heteroatoms. The van der Waals surface area contributed by atoms with Crippen LogP contribution < -0.4 is 10.2 Å². The van der Waals surface area contributed by atoms with Crippen LogP contribution in [0.15, 0.2) is 78.9 Å². The Labute approximate surface area is 201 Å². The lowest BCUT2D eigenvalue weighted by Crippen LogP contribution is -2.39. The Balaban J connectivity index is 1.54. The fourth-order valence-corrected chi connectivity index (χ4v) is 4.26. The number of benzene rings is 3. The number of carbonyl (C=O) groups is 2. The zero-order valence-electron chi connectivity index (χ0n) is 17.6.